The number of aromatic nitrogens is 1. The second kappa shape index (κ2) is 5.26. The van der Waals surface area contributed by atoms with Crippen LogP contribution in [0.4, 0.5) is 0 Å². The molecule has 0 radical (unpaired) electrons. The molecular formula is C14H14BrN. The molecule has 0 bridgehead atoms. The summed E-state index contributed by atoms with van der Waals surface area (Å²) in [4.78, 5) is 4.31. The molecule has 1 aromatic heterocycles. The number of rotatable bonds is 3. The molecule has 16 heavy (non-hydrogen) atoms. The minimum absolute atomic E-state index is 0.926. The van der Waals surface area contributed by atoms with Gasteiger partial charge < -0.3 is 0 Å². The normalized spacial score (nSPS) is 10.4. The fourth-order valence-corrected chi connectivity index (χ4v) is 2.35. The Kier molecular flexibility index (Phi) is 3.73. The molecule has 0 aliphatic rings. The molecule has 0 amide bonds. The Bertz CT molecular complexity index is 445. The zero-order chi connectivity index (χ0) is 11.4. The summed E-state index contributed by atoms with van der Waals surface area (Å²) in [5.74, 6) is 0. The summed E-state index contributed by atoms with van der Waals surface area (Å²) < 4.78 is 0.926. The molecule has 2 rings (SSSR count). The van der Waals surface area contributed by atoms with Crippen LogP contribution in [0.5, 0.6) is 0 Å². The van der Waals surface area contributed by atoms with Gasteiger partial charge in [0.2, 0.25) is 0 Å². The van der Waals surface area contributed by atoms with Gasteiger partial charge in [-0.3, -0.25) is 0 Å². The van der Waals surface area contributed by atoms with Crippen molar-refractivity contribution in [2.24, 2.45) is 0 Å². The van der Waals surface area contributed by atoms with Crippen LogP contribution < -0.4 is 0 Å². The highest BCUT2D eigenvalue weighted by molar-refractivity contribution is 9.10. The van der Waals surface area contributed by atoms with Crippen molar-refractivity contribution < 1.29 is 0 Å². The molecule has 82 valence electrons. The Balaban J connectivity index is 2.05. The molecule has 0 unspecified atom stereocenters. The van der Waals surface area contributed by atoms with Gasteiger partial charge in [-0.05, 0) is 59.0 Å². The third-order valence-corrected chi connectivity index (χ3v) is 2.93. The second-order valence-corrected chi connectivity index (χ2v) is 4.74. The molecule has 0 aliphatic carbocycles. The van der Waals surface area contributed by atoms with Gasteiger partial charge in [0.15, 0.2) is 0 Å². The number of pyridine rings is 1. The van der Waals surface area contributed by atoms with Gasteiger partial charge in [0.1, 0.15) is 4.60 Å². The van der Waals surface area contributed by atoms with Gasteiger partial charge in [-0.15, -0.1) is 0 Å². The van der Waals surface area contributed by atoms with Gasteiger partial charge in [0, 0.05) is 5.69 Å². The predicted octanol–water partition coefficient (Wildman–Crippen LogP) is 3.94. The summed E-state index contributed by atoms with van der Waals surface area (Å²) in [6, 6.07) is 14.8. The summed E-state index contributed by atoms with van der Waals surface area (Å²) in [6.45, 7) is 2.02. The number of benzene rings is 1. The Morgan fingerprint density at radius 1 is 1.00 bits per heavy atom. The molecule has 1 aromatic carbocycles. The quantitative estimate of drug-likeness (QED) is 0.774. The van der Waals surface area contributed by atoms with Crippen molar-refractivity contribution in [2.75, 3.05) is 0 Å². The SMILES string of the molecule is Cc1cc(CCc2ccccc2)cc(Br)n1. The highest BCUT2D eigenvalue weighted by Crippen LogP contribution is 2.13. The topological polar surface area (TPSA) is 12.9 Å². The molecule has 0 atom stereocenters. The molecule has 2 heteroatoms. The van der Waals surface area contributed by atoms with E-state index in [0.29, 0.717) is 0 Å². The molecule has 0 N–H and O–H groups in total. The average Bonchev–Trinajstić information content (AvgIpc) is 2.27. The largest absolute Gasteiger partial charge is 0.246 e. The monoisotopic (exact) mass is 275 g/mol. The zero-order valence-electron chi connectivity index (χ0n) is 9.28. The number of aryl methyl sites for hydroxylation is 3. The van der Waals surface area contributed by atoms with Crippen molar-refractivity contribution in [1.29, 1.82) is 0 Å². The van der Waals surface area contributed by atoms with Crippen LogP contribution in [-0.2, 0) is 12.8 Å². The van der Waals surface area contributed by atoms with Crippen LogP contribution in [0.15, 0.2) is 47.1 Å². The van der Waals surface area contributed by atoms with E-state index in [1.807, 2.05) is 6.92 Å². The smallest absolute Gasteiger partial charge is 0.106 e. The van der Waals surface area contributed by atoms with E-state index in [9.17, 15) is 0 Å². The lowest BCUT2D eigenvalue weighted by Crippen LogP contribution is -1.93. The van der Waals surface area contributed by atoms with E-state index in [4.69, 9.17) is 0 Å². The van der Waals surface area contributed by atoms with Crippen molar-refractivity contribution in [3.8, 4) is 0 Å². The molecule has 0 aliphatic heterocycles. The first-order valence-corrected chi connectivity index (χ1v) is 6.20. The van der Waals surface area contributed by atoms with Gasteiger partial charge >= 0.3 is 0 Å². The molecule has 0 saturated heterocycles. The van der Waals surface area contributed by atoms with Crippen molar-refractivity contribution in [3.63, 3.8) is 0 Å². The summed E-state index contributed by atoms with van der Waals surface area (Å²) >= 11 is 3.43. The Labute approximate surface area is 105 Å². The van der Waals surface area contributed by atoms with E-state index in [2.05, 4.69) is 63.4 Å². The zero-order valence-corrected chi connectivity index (χ0v) is 10.9. The first kappa shape index (κ1) is 11.3. The van der Waals surface area contributed by atoms with Gasteiger partial charge in [0.05, 0.1) is 0 Å². The maximum Gasteiger partial charge on any atom is 0.106 e. The maximum atomic E-state index is 4.31. The summed E-state index contributed by atoms with van der Waals surface area (Å²) in [5.41, 5.74) is 3.79. The number of hydrogen-bond acceptors (Lipinski definition) is 1. The Hall–Kier alpha value is -1.15. The third kappa shape index (κ3) is 3.17. The minimum Gasteiger partial charge on any atom is -0.246 e. The van der Waals surface area contributed by atoms with Crippen LogP contribution in [0.25, 0.3) is 0 Å². The summed E-state index contributed by atoms with van der Waals surface area (Å²) in [7, 11) is 0. The van der Waals surface area contributed by atoms with Crippen LogP contribution >= 0.6 is 15.9 Å². The van der Waals surface area contributed by atoms with Gasteiger partial charge in [0.25, 0.3) is 0 Å². The van der Waals surface area contributed by atoms with Crippen LogP contribution in [0.3, 0.4) is 0 Å². The van der Waals surface area contributed by atoms with E-state index in [1.54, 1.807) is 0 Å². The summed E-state index contributed by atoms with van der Waals surface area (Å²) in [5, 5.41) is 0. The fourth-order valence-electron chi connectivity index (χ4n) is 1.77. The maximum absolute atomic E-state index is 4.31. The summed E-state index contributed by atoms with van der Waals surface area (Å²) in [6.07, 6.45) is 2.14. The van der Waals surface area contributed by atoms with Crippen molar-refractivity contribution in [3.05, 3.63) is 63.9 Å². The van der Waals surface area contributed by atoms with E-state index in [0.717, 1.165) is 23.1 Å². The standard InChI is InChI=1S/C14H14BrN/c1-11-9-13(10-14(15)16-11)8-7-12-5-3-2-4-6-12/h2-6,9-10H,7-8H2,1H3. The number of nitrogens with zero attached hydrogens (tertiary/aromatic N) is 1. The first-order valence-electron chi connectivity index (χ1n) is 5.41. The Morgan fingerprint density at radius 3 is 2.38 bits per heavy atom. The van der Waals surface area contributed by atoms with E-state index in [1.165, 1.54) is 11.1 Å². The molecule has 2 aromatic rings. The molecule has 0 saturated carbocycles. The minimum atomic E-state index is 0.926. The van der Waals surface area contributed by atoms with Crippen LogP contribution in [-0.4, -0.2) is 4.98 Å². The van der Waals surface area contributed by atoms with Crippen molar-refractivity contribution >= 4 is 15.9 Å². The van der Waals surface area contributed by atoms with E-state index < -0.39 is 0 Å². The molecule has 1 nitrogen and oxygen atoms in total. The van der Waals surface area contributed by atoms with Crippen LogP contribution in [0.1, 0.15) is 16.8 Å². The lowest BCUT2D eigenvalue weighted by molar-refractivity contribution is 0.946. The van der Waals surface area contributed by atoms with Gasteiger partial charge in [-0.1, -0.05) is 30.3 Å². The molecular weight excluding hydrogens is 262 g/mol. The molecule has 0 fully saturated rings. The highest BCUT2D eigenvalue weighted by Gasteiger charge is 1.99. The van der Waals surface area contributed by atoms with E-state index >= 15 is 0 Å². The highest BCUT2D eigenvalue weighted by atomic mass is 79.9. The molecule has 1 heterocycles. The molecule has 0 spiro atoms. The average molecular weight is 276 g/mol. The predicted molar refractivity (Wildman–Crippen MR) is 70.5 cm³/mol. The van der Waals surface area contributed by atoms with Gasteiger partial charge in [-0.2, -0.15) is 0 Å². The van der Waals surface area contributed by atoms with Crippen molar-refractivity contribution in [2.45, 2.75) is 19.8 Å². The lowest BCUT2D eigenvalue weighted by Gasteiger charge is -2.04. The van der Waals surface area contributed by atoms with Crippen LogP contribution in [0.2, 0.25) is 0 Å². The van der Waals surface area contributed by atoms with E-state index in [-0.39, 0.29) is 0 Å². The van der Waals surface area contributed by atoms with Crippen LogP contribution in [0, 0.1) is 6.92 Å². The lowest BCUT2D eigenvalue weighted by atomic mass is 10.1. The van der Waals surface area contributed by atoms with Crippen molar-refractivity contribution in [1.82, 2.24) is 4.98 Å². The number of halogens is 1. The second-order valence-electron chi connectivity index (χ2n) is 3.93. The third-order valence-electron chi connectivity index (χ3n) is 2.53. The number of hydrogen-bond donors (Lipinski definition) is 0. The van der Waals surface area contributed by atoms with Gasteiger partial charge in [-0.25, -0.2) is 4.98 Å². The Morgan fingerprint density at radius 2 is 1.69 bits per heavy atom. The first-order chi connectivity index (χ1) is 7.74. The fraction of sp³-hybridized carbons (Fsp3) is 0.214.